The summed E-state index contributed by atoms with van der Waals surface area (Å²) < 4.78 is 30.3. The van der Waals surface area contributed by atoms with Crippen LogP contribution in [0.5, 0.6) is 11.5 Å². The first-order chi connectivity index (χ1) is 19.0. The van der Waals surface area contributed by atoms with E-state index in [1.807, 2.05) is 53.7 Å². The van der Waals surface area contributed by atoms with Gasteiger partial charge in [-0.05, 0) is 63.8 Å². The Morgan fingerprint density at radius 3 is 2.12 bits per heavy atom. The van der Waals surface area contributed by atoms with Crippen molar-refractivity contribution >= 4 is 27.9 Å². The van der Waals surface area contributed by atoms with Crippen molar-refractivity contribution in [3.63, 3.8) is 0 Å². The highest BCUT2D eigenvalue weighted by Crippen LogP contribution is 2.40. The molecule has 11 heteroatoms. The number of rotatable bonds is 9. The molecule has 3 rings (SSSR count). The minimum atomic E-state index is -4.22. The van der Waals surface area contributed by atoms with E-state index in [0.717, 1.165) is 41.0 Å². The Labute approximate surface area is 240 Å². The molecule has 0 radical (unpaired) electrons. The summed E-state index contributed by atoms with van der Waals surface area (Å²) in [5.41, 5.74) is 4.77. The van der Waals surface area contributed by atoms with Crippen LogP contribution < -0.4 is 9.61 Å². The molecule has 0 saturated heterocycles. The van der Waals surface area contributed by atoms with Crippen molar-refractivity contribution < 1.29 is 27.4 Å². The fraction of sp³-hybridized carbons (Fsp3) is 0.333. The van der Waals surface area contributed by atoms with E-state index in [4.69, 9.17) is 4.18 Å². The zero-order valence-electron chi connectivity index (χ0n) is 24.0. The Morgan fingerprint density at radius 1 is 1.00 bits per heavy atom. The number of phenolic OH excluding ortho intramolecular Hbond substituents is 1. The second kappa shape index (κ2) is 12.1. The highest BCUT2D eigenvalue weighted by molar-refractivity contribution is 7.87. The second-order valence-corrected chi connectivity index (χ2v) is 13.2. The Bertz CT molecular complexity index is 1530. The predicted octanol–water partition coefficient (Wildman–Crippen LogP) is 5.75. The van der Waals surface area contributed by atoms with Crippen LogP contribution in [-0.4, -0.2) is 30.6 Å². The van der Waals surface area contributed by atoms with Crippen molar-refractivity contribution in [2.24, 2.45) is 5.10 Å². The Hall–Kier alpha value is -4.25. The molecule has 0 aliphatic rings. The number of non-ortho nitro benzene ring substituents is 1. The number of hydrogen-bond acceptors (Lipinski definition) is 8. The summed E-state index contributed by atoms with van der Waals surface area (Å²) in [4.78, 5) is 22.4. The molecular weight excluding hydrogens is 546 g/mol. The number of hydrazone groups is 1. The fourth-order valence-corrected chi connectivity index (χ4v) is 4.95. The number of nitro groups is 1. The molecule has 0 spiro atoms. The predicted molar refractivity (Wildman–Crippen MR) is 157 cm³/mol. The normalized spacial score (nSPS) is 12.3. The molecule has 0 saturated carbocycles. The summed E-state index contributed by atoms with van der Waals surface area (Å²) >= 11 is 0. The minimum Gasteiger partial charge on any atom is -0.507 e. The molecule has 0 aromatic heterocycles. The number of nitro benzene ring substituents is 1. The molecular formula is C30H35N3O7S. The topological polar surface area (TPSA) is 148 Å². The van der Waals surface area contributed by atoms with Gasteiger partial charge in [-0.1, -0.05) is 65.8 Å². The van der Waals surface area contributed by atoms with Gasteiger partial charge >= 0.3 is 10.1 Å². The van der Waals surface area contributed by atoms with E-state index in [9.17, 15) is 28.4 Å². The van der Waals surface area contributed by atoms with Gasteiger partial charge in [0.2, 0.25) is 5.91 Å². The number of aromatic hydroxyl groups is 1. The van der Waals surface area contributed by atoms with Gasteiger partial charge in [-0.2, -0.15) is 13.5 Å². The Balaban J connectivity index is 1.64. The zero-order valence-corrected chi connectivity index (χ0v) is 24.8. The molecule has 0 bridgehead atoms. The van der Waals surface area contributed by atoms with Crippen molar-refractivity contribution in [2.45, 2.75) is 70.1 Å². The summed E-state index contributed by atoms with van der Waals surface area (Å²) in [7, 11) is -4.22. The molecule has 0 heterocycles. The van der Waals surface area contributed by atoms with Crippen LogP contribution >= 0.6 is 0 Å². The van der Waals surface area contributed by atoms with Crippen molar-refractivity contribution in [1.82, 2.24) is 5.43 Å². The zero-order chi connectivity index (χ0) is 30.6. The van der Waals surface area contributed by atoms with Gasteiger partial charge in [-0.15, -0.1) is 0 Å². The lowest BCUT2D eigenvalue weighted by molar-refractivity contribution is -0.384. The maximum atomic E-state index is 12.6. The molecule has 0 unspecified atom stereocenters. The molecule has 2 N–H and O–H groups in total. The van der Waals surface area contributed by atoms with Gasteiger partial charge in [0.05, 0.1) is 11.1 Å². The van der Waals surface area contributed by atoms with Gasteiger partial charge < -0.3 is 9.29 Å². The SMILES string of the molecule is CC(C)(C)c1cc(CCC(=O)N/N=C\c2cccc(OS(=O)(=O)c3ccc([N+](=O)[O-])cc3)c2)cc(C(C)(C)C)c1O. The highest BCUT2D eigenvalue weighted by atomic mass is 32.2. The molecule has 218 valence electrons. The van der Waals surface area contributed by atoms with Gasteiger partial charge in [0.25, 0.3) is 5.69 Å². The molecule has 0 aliphatic heterocycles. The molecule has 0 atom stereocenters. The average Bonchev–Trinajstić information content (AvgIpc) is 2.86. The molecule has 3 aromatic rings. The second-order valence-electron chi connectivity index (χ2n) is 11.7. The van der Waals surface area contributed by atoms with E-state index in [1.54, 1.807) is 12.1 Å². The first kappa shape index (κ1) is 31.3. The lowest BCUT2D eigenvalue weighted by Crippen LogP contribution is -2.20. The van der Waals surface area contributed by atoms with Crippen molar-refractivity contribution in [3.8, 4) is 11.5 Å². The number of aryl methyl sites for hydroxylation is 1. The van der Waals surface area contributed by atoms with E-state index in [-0.39, 0.29) is 45.2 Å². The number of amides is 1. The smallest absolute Gasteiger partial charge is 0.339 e. The Morgan fingerprint density at radius 2 is 1.59 bits per heavy atom. The van der Waals surface area contributed by atoms with Gasteiger partial charge in [0.15, 0.2) is 0 Å². The first-order valence-electron chi connectivity index (χ1n) is 12.9. The molecule has 41 heavy (non-hydrogen) atoms. The van der Waals surface area contributed by atoms with E-state index >= 15 is 0 Å². The standard InChI is InChI=1S/C30H35N3O7S/c1-29(2,3)25-17-20(18-26(28(25)35)30(4,5)6)10-15-27(34)32-31-19-21-8-7-9-23(16-21)40-41(38,39)24-13-11-22(12-14-24)33(36)37/h7-9,11-14,16-19,35H,10,15H2,1-6H3,(H,32,34)/b31-19-. The summed E-state index contributed by atoms with van der Waals surface area (Å²) in [6, 6.07) is 14.3. The largest absolute Gasteiger partial charge is 0.507 e. The lowest BCUT2D eigenvalue weighted by Gasteiger charge is -2.28. The van der Waals surface area contributed by atoms with Crippen molar-refractivity contribution in [2.75, 3.05) is 0 Å². The number of benzene rings is 3. The molecule has 0 aliphatic carbocycles. The third-order valence-corrected chi connectivity index (χ3v) is 7.49. The monoisotopic (exact) mass is 581 g/mol. The number of carbonyl (C=O) groups is 1. The van der Waals surface area contributed by atoms with Crippen LogP contribution in [0.15, 0.2) is 70.7 Å². The van der Waals surface area contributed by atoms with Crippen molar-refractivity contribution in [1.29, 1.82) is 0 Å². The first-order valence-corrected chi connectivity index (χ1v) is 14.4. The third-order valence-electron chi connectivity index (χ3n) is 6.23. The fourth-order valence-electron chi connectivity index (χ4n) is 4.03. The number of phenols is 1. The highest BCUT2D eigenvalue weighted by Gasteiger charge is 2.26. The van der Waals surface area contributed by atoms with Crippen molar-refractivity contribution in [3.05, 3.63) is 93.0 Å². The maximum Gasteiger partial charge on any atom is 0.339 e. The van der Waals surface area contributed by atoms with Crippen LogP contribution in [0.2, 0.25) is 0 Å². The Kier molecular flexibility index (Phi) is 9.23. The summed E-state index contributed by atoms with van der Waals surface area (Å²) in [6.07, 6.45) is 1.99. The van der Waals surface area contributed by atoms with E-state index in [2.05, 4.69) is 10.5 Å². The van der Waals surface area contributed by atoms with Crippen LogP contribution in [0.25, 0.3) is 0 Å². The van der Waals surface area contributed by atoms with E-state index in [1.165, 1.54) is 18.3 Å². The van der Waals surface area contributed by atoms with Gasteiger partial charge in [-0.25, -0.2) is 5.43 Å². The van der Waals surface area contributed by atoms with Gasteiger partial charge in [0, 0.05) is 18.6 Å². The number of hydrogen-bond donors (Lipinski definition) is 2. The van der Waals surface area contributed by atoms with Gasteiger partial charge in [-0.3, -0.25) is 14.9 Å². The summed E-state index contributed by atoms with van der Waals surface area (Å²) in [6.45, 7) is 12.2. The van der Waals surface area contributed by atoms with Crippen LogP contribution in [0, 0.1) is 10.1 Å². The molecule has 0 fully saturated rings. The number of carbonyl (C=O) groups excluding carboxylic acids is 1. The van der Waals surface area contributed by atoms with Gasteiger partial charge in [0.1, 0.15) is 16.4 Å². The molecule has 1 amide bonds. The van der Waals surface area contributed by atoms with Crippen LogP contribution in [0.4, 0.5) is 5.69 Å². The van der Waals surface area contributed by atoms with Crippen LogP contribution in [0.1, 0.15) is 70.2 Å². The lowest BCUT2D eigenvalue weighted by atomic mass is 9.78. The summed E-state index contributed by atoms with van der Waals surface area (Å²) in [5.74, 6) is -0.0121. The maximum absolute atomic E-state index is 12.6. The molecule has 10 nitrogen and oxygen atoms in total. The summed E-state index contributed by atoms with van der Waals surface area (Å²) in [5, 5.41) is 25.7. The number of nitrogens with one attached hydrogen (secondary N) is 1. The average molecular weight is 582 g/mol. The van der Waals surface area contributed by atoms with E-state index in [0.29, 0.717) is 12.0 Å². The third kappa shape index (κ3) is 8.37. The van der Waals surface area contributed by atoms with E-state index < -0.39 is 15.0 Å². The quantitative estimate of drug-likeness (QED) is 0.142. The number of nitrogens with zero attached hydrogens (tertiary/aromatic N) is 2. The van der Waals surface area contributed by atoms with Crippen LogP contribution in [0.3, 0.4) is 0 Å². The molecule has 3 aromatic carbocycles. The minimum absolute atomic E-state index is 0.00950. The van der Waals surface area contributed by atoms with Crippen LogP contribution in [-0.2, 0) is 32.2 Å².